The van der Waals surface area contributed by atoms with Gasteiger partial charge in [-0.3, -0.25) is 9.36 Å². The van der Waals surface area contributed by atoms with Crippen LogP contribution in [0.2, 0.25) is 0 Å². The summed E-state index contributed by atoms with van der Waals surface area (Å²) in [6, 6.07) is 5.12. The summed E-state index contributed by atoms with van der Waals surface area (Å²) >= 11 is 0. The summed E-state index contributed by atoms with van der Waals surface area (Å²) in [6.45, 7) is 3.51. The van der Waals surface area contributed by atoms with E-state index in [1.807, 2.05) is 6.07 Å². The van der Waals surface area contributed by atoms with Crippen molar-refractivity contribution in [1.82, 2.24) is 19.4 Å². The number of hydrogen-bond acceptors (Lipinski definition) is 5. The zero-order chi connectivity index (χ0) is 23.0. The number of hydrogen-bond donors (Lipinski definition) is 1. The Balaban J connectivity index is 1.64. The molecule has 4 rings (SSSR count). The number of nitrogens with zero attached hydrogens (tertiary/aromatic N) is 4. The van der Waals surface area contributed by atoms with Gasteiger partial charge in [0.1, 0.15) is 11.5 Å². The van der Waals surface area contributed by atoms with Gasteiger partial charge in [-0.15, -0.1) is 0 Å². The Labute approximate surface area is 184 Å². The van der Waals surface area contributed by atoms with Gasteiger partial charge in [-0.25, -0.2) is 18.2 Å². The molecule has 0 aliphatic carbocycles. The van der Waals surface area contributed by atoms with Crippen molar-refractivity contribution >= 4 is 17.0 Å². The number of likely N-dealkylation sites (N-methyl/N-ethyl adjacent to an activating group) is 1. The summed E-state index contributed by atoms with van der Waals surface area (Å²) in [5.41, 5.74) is 0.576. The number of rotatable bonds is 5. The van der Waals surface area contributed by atoms with Crippen LogP contribution in [0.25, 0.3) is 11.0 Å². The van der Waals surface area contributed by atoms with Gasteiger partial charge in [-0.1, -0.05) is 18.2 Å². The summed E-state index contributed by atoms with van der Waals surface area (Å²) in [4.78, 5) is 24.0. The third-order valence-corrected chi connectivity index (χ3v) is 6.15. The second-order valence-corrected chi connectivity index (χ2v) is 8.45. The monoisotopic (exact) mass is 445 g/mol. The van der Waals surface area contributed by atoms with Crippen LogP contribution in [0.15, 0.2) is 35.3 Å². The average Bonchev–Trinajstić information content (AvgIpc) is 2.76. The molecular weight excluding hydrogens is 419 g/mol. The largest absolute Gasteiger partial charge is 0.348 e. The highest BCUT2D eigenvalue weighted by atomic mass is 19.3. The Kier molecular flexibility index (Phi) is 6.19. The molecule has 3 heterocycles. The van der Waals surface area contributed by atoms with Gasteiger partial charge >= 0.3 is 0 Å². The third kappa shape index (κ3) is 4.21. The predicted molar refractivity (Wildman–Crippen MR) is 118 cm³/mol. The standard InChI is InChI=1S/C23H26F3N5O/c1-13(16-7-4-8-17(19(16)24)20(25)26)28-23-27-11-15-10-18(14-6-5-9-30(2)12-14)22(32)31(3)21(15)29-23/h4,7-8,10-11,13-14,20H,5-6,9,12H2,1-3H3,(H,27,28,29)/t13-,14?/m1/s1. The molecule has 2 aromatic heterocycles. The fourth-order valence-corrected chi connectivity index (χ4v) is 4.40. The lowest BCUT2D eigenvalue weighted by Crippen LogP contribution is -2.34. The van der Waals surface area contributed by atoms with E-state index in [0.29, 0.717) is 5.65 Å². The van der Waals surface area contributed by atoms with Crippen molar-refractivity contribution in [2.24, 2.45) is 7.05 Å². The van der Waals surface area contributed by atoms with Gasteiger partial charge < -0.3 is 10.2 Å². The first kappa shape index (κ1) is 22.3. The Morgan fingerprint density at radius 1 is 1.22 bits per heavy atom. The van der Waals surface area contributed by atoms with Crippen LogP contribution in [0.3, 0.4) is 0 Å². The first-order chi connectivity index (χ1) is 15.3. The second kappa shape index (κ2) is 8.90. The van der Waals surface area contributed by atoms with Crippen LogP contribution in [0.5, 0.6) is 0 Å². The molecule has 9 heteroatoms. The summed E-state index contributed by atoms with van der Waals surface area (Å²) in [5.74, 6) is -0.593. The van der Waals surface area contributed by atoms with E-state index in [1.54, 1.807) is 20.2 Å². The SMILES string of the molecule is C[C@@H](Nc1ncc2cc(C3CCCN(C)C3)c(=O)n(C)c2n1)c1cccc(C(F)F)c1F. The number of anilines is 1. The average molecular weight is 445 g/mol. The first-order valence-electron chi connectivity index (χ1n) is 10.6. The van der Waals surface area contributed by atoms with E-state index in [-0.39, 0.29) is 23.0 Å². The fraction of sp³-hybridized carbons (Fsp3) is 0.435. The molecule has 0 spiro atoms. The molecule has 1 aliphatic heterocycles. The van der Waals surface area contributed by atoms with Gasteiger partial charge in [-0.2, -0.15) is 4.98 Å². The Bertz CT molecular complexity index is 1200. The van der Waals surface area contributed by atoms with Crippen molar-refractivity contribution in [3.05, 3.63) is 63.3 Å². The zero-order valence-electron chi connectivity index (χ0n) is 18.3. The maximum absolute atomic E-state index is 14.5. The van der Waals surface area contributed by atoms with Crippen molar-refractivity contribution in [3.63, 3.8) is 0 Å². The van der Waals surface area contributed by atoms with Crippen LogP contribution in [-0.2, 0) is 7.05 Å². The third-order valence-electron chi connectivity index (χ3n) is 6.15. The van der Waals surface area contributed by atoms with E-state index in [2.05, 4.69) is 27.2 Å². The number of pyridine rings is 1. The van der Waals surface area contributed by atoms with Crippen molar-refractivity contribution < 1.29 is 13.2 Å². The van der Waals surface area contributed by atoms with Crippen molar-refractivity contribution in [2.75, 3.05) is 25.5 Å². The van der Waals surface area contributed by atoms with Gasteiger partial charge in [0, 0.05) is 42.2 Å². The summed E-state index contributed by atoms with van der Waals surface area (Å²) in [7, 11) is 3.73. The highest BCUT2D eigenvalue weighted by Gasteiger charge is 2.24. The highest BCUT2D eigenvalue weighted by molar-refractivity contribution is 5.76. The van der Waals surface area contributed by atoms with Crippen LogP contribution in [0.4, 0.5) is 19.1 Å². The molecule has 0 amide bonds. The van der Waals surface area contributed by atoms with Crippen molar-refractivity contribution in [3.8, 4) is 0 Å². The number of alkyl halides is 2. The number of fused-ring (bicyclic) bond motifs is 1. The van der Waals surface area contributed by atoms with Crippen molar-refractivity contribution in [1.29, 1.82) is 0 Å². The van der Waals surface area contributed by atoms with Crippen LogP contribution >= 0.6 is 0 Å². The summed E-state index contributed by atoms with van der Waals surface area (Å²) in [6.07, 6.45) is 0.736. The van der Waals surface area contributed by atoms with Crippen LogP contribution < -0.4 is 10.9 Å². The molecule has 0 saturated carbocycles. The lowest BCUT2D eigenvalue weighted by molar-refractivity contribution is 0.146. The normalized spacial score (nSPS) is 18.3. The number of benzene rings is 1. The van der Waals surface area contributed by atoms with Crippen LogP contribution in [0.1, 0.15) is 54.8 Å². The predicted octanol–water partition coefficient (Wildman–Crippen LogP) is 4.39. The molecule has 32 heavy (non-hydrogen) atoms. The smallest absolute Gasteiger partial charge is 0.266 e. The molecule has 1 unspecified atom stereocenters. The molecule has 1 aromatic carbocycles. The molecule has 6 nitrogen and oxygen atoms in total. The van der Waals surface area contributed by atoms with E-state index in [4.69, 9.17) is 0 Å². The molecular formula is C23H26F3N5O. The van der Waals surface area contributed by atoms with E-state index in [9.17, 15) is 18.0 Å². The lowest BCUT2D eigenvalue weighted by Gasteiger charge is -2.29. The minimum Gasteiger partial charge on any atom is -0.348 e. The summed E-state index contributed by atoms with van der Waals surface area (Å²) in [5, 5.41) is 3.69. The minimum atomic E-state index is -2.90. The Morgan fingerprint density at radius 2 is 1.97 bits per heavy atom. The van der Waals surface area contributed by atoms with Crippen molar-refractivity contribution in [2.45, 2.75) is 38.2 Å². The van der Waals surface area contributed by atoms with E-state index in [1.165, 1.54) is 16.7 Å². The first-order valence-corrected chi connectivity index (χ1v) is 10.6. The summed E-state index contributed by atoms with van der Waals surface area (Å²) < 4.78 is 42.0. The maximum Gasteiger partial charge on any atom is 0.266 e. The molecule has 170 valence electrons. The molecule has 3 aromatic rings. The number of aromatic nitrogens is 3. The molecule has 2 atom stereocenters. The van der Waals surface area contributed by atoms with E-state index >= 15 is 0 Å². The molecule has 0 bridgehead atoms. The number of halogens is 3. The van der Waals surface area contributed by atoms with E-state index in [0.717, 1.165) is 42.9 Å². The van der Waals surface area contributed by atoms with Crippen LogP contribution in [-0.4, -0.2) is 39.6 Å². The quantitative estimate of drug-likeness (QED) is 0.631. The number of piperidine rings is 1. The molecule has 1 aliphatic rings. The van der Waals surface area contributed by atoms with Gasteiger partial charge in [0.15, 0.2) is 0 Å². The van der Waals surface area contributed by atoms with E-state index < -0.39 is 23.8 Å². The number of nitrogens with one attached hydrogen (secondary N) is 1. The van der Waals surface area contributed by atoms with Gasteiger partial charge in [-0.05, 0) is 39.4 Å². The fourth-order valence-electron chi connectivity index (χ4n) is 4.40. The Morgan fingerprint density at radius 3 is 2.69 bits per heavy atom. The van der Waals surface area contributed by atoms with Crippen LogP contribution in [0, 0.1) is 5.82 Å². The molecule has 1 saturated heterocycles. The van der Waals surface area contributed by atoms with Gasteiger partial charge in [0.2, 0.25) is 5.95 Å². The zero-order valence-corrected chi connectivity index (χ0v) is 18.3. The lowest BCUT2D eigenvalue weighted by atomic mass is 9.91. The molecule has 1 N–H and O–H groups in total. The topological polar surface area (TPSA) is 63.1 Å². The molecule has 1 fully saturated rings. The minimum absolute atomic E-state index is 0.0915. The number of likely N-dealkylation sites (tertiary alicyclic amines) is 1. The molecule has 0 radical (unpaired) electrons. The Hall–Kier alpha value is -2.94. The maximum atomic E-state index is 14.5. The number of aryl methyl sites for hydroxylation is 1. The highest BCUT2D eigenvalue weighted by Crippen LogP contribution is 2.29. The van der Waals surface area contributed by atoms with Gasteiger partial charge in [0.05, 0.1) is 11.6 Å². The second-order valence-electron chi connectivity index (χ2n) is 8.45. The van der Waals surface area contributed by atoms with Gasteiger partial charge in [0.25, 0.3) is 12.0 Å².